The maximum atomic E-state index is 12.1. The number of hydrogen-bond donors (Lipinski definition) is 1. The summed E-state index contributed by atoms with van der Waals surface area (Å²) in [7, 11) is 5.68. The number of nitrogens with zero attached hydrogens (tertiary/aromatic N) is 3. The smallest absolute Gasteiger partial charge is 0.269 e. The topological polar surface area (TPSA) is 63.3 Å². The van der Waals surface area contributed by atoms with Gasteiger partial charge >= 0.3 is 0 Å². The Hall–Kier alpha value is -2.08. The molecule has 0 aromatic carbocycles. The number of furan rings is 1. The fourth-order valence-corrected chi connectivity index (χ4v) is 1.86. The van der Waals surface area contributed by atoms with E-state index in [4.69, 9.17) is 4.42 Å². The minimum absolute atomic E-state index is 0.128. The minimum Gasteiger partial charge on any atom is -0.460 e. The predicted octanol–water partition coefficient (Wildman–Crippen LogP) is 1.28. The van der Waals surface area contributed by atoms with Crippen LogP contribution in [-0.4, -0.2) is 47.8 Å². The number of nitrogens with one attached hydrogen (secondary N) is 1. The predicted molar refractivity (Wildman–Crippen MR) is 76.5 cm³/mol. The standard InChI is InChI=1S/C14H20N4O2/c1-10-5-6-13(20-10)11-9-12(18(4)16-11)14(19)15-7-8-17(2)3/h5-6,9H,7-8H2,1-4H3,(H,15,19). The van der Waals surface area contributed by atoms with Gasteiger partial charge in [-0.3, -0.25) is 9.48 Å². The van der Waals surface area contributed by atoms with Gasteiger partial charge in [-0.05, 0) is 33.2 Å². The van der Waals surface area contributed by atoms with E-state index in [1.807, 2.05) is 38.1 Å². The first kappa shape index (κ1) is 14.3. The second kappa shape index (κ2) is 5.92. The molecular weight excluding hydrogens is 256 g/mol. The highest BCUT2D eigenvalue weighted by molar-refractivity contribution is 5.93. The second-order valence-electron chi connectivity index (χ2n) is 5.01. The van der Waals surface area contributed by atoms with Crippen LogP contribution in [0.1, 0.15) is 16.2 Å². The van der Waals surface area contributed by atoms with Crippen LogP contribution in [0.25, 0.3) is 11.5 Å². The molecule has 0 aliphatic heterocycles. The Morgan fingerprint density at radius 2 is 2.20 bits per heavy atom. The lowest BCUT2D eigenvalue weighted by molar-refractivity contribution is 0.0941. The SMILES string of the molecule is Cc1ccc(-c2cc(C(=O)NCCN(C)C)n(C)n2)o1. The van der Waals surface area contributed by atoms with E-state index in [1.165, 1.54) is 0 Å². The third kappa shape index (κ3) is 3.27. The number of likely N-dealkylation sites (N-methyl/N-ethyl adjacent to an activating group) is 1. The first-order chi connectivity index (χ1) is 9.47. The van der Waals surface area contributed by atoms with E-state index in [0.29, 0.717) is 23.7 Å². The molecule has 108 valence electrons. The summed E-state index contributed by atoms with van der Waals surface area (Å²) in [4.78, 5) is 14.1. The van der Waals surface area contributed by atoms with Crippen molar-refractivity contribution in [2.75, 3.05) is 27.2 Å². The Balaban J connectivity index is 2.09. The van der Waals surface area contributed by atoms with E-state index >= 15 is 0 Å². The zero-order valence-corrected chi connectivity index (χ0v) is 12.3. The van der Waals surface area contributed by atoms with E-state index in [9.17, 15) is 4.79 Å². The molecule has 6 heteroatoms. The van der Waals surface area contributed by atoms with E-state index in [1.54, 1.807) is 17.8 Å². The molecule has 2 aromatic heterocycles. The molecule has 0 atom stereocenters. The number of carbonyl (C=O) groups is 1. The number of carbonyl (C=O) groups excluding carboxylic acids is 1. The van der Waals surface area contributed by atoms with E-state index in [-0.39, 0.29) is 5.91 Å². The summed E-state index contributed by atoms with van der Waals surface area (Å²) in [5.41, 5.74) is 1.19. The normalized spacial score (nSPS) is 11.1. The highest BCUT2D eigenvalue weighted by Crippen LogP contribution is 2.21. The van der Waals surface area contributed by atoms with E-state index < -0.39 is 0 Å². The first-order valence-electron chi connectivity index (χ1n) is 6.51. The number of hydrogen-bond acceptors (Lipinski definition) is 4. The molecule has 0 saturated carbocycles. The lowest BCUT2D eigenvalue weighted by atomic mass is 10.3. The van der Waals surface area contributed by atoms with Crippen LogP contribution < -0.4 is 5.32 Å². The molecule has 1 amide bonds. The maximum Gasteiger partial charge on any atom is 0.269 e. The molecule has 0 spiro atoms. The fourth-order valence-electron chi connectivity index (χ4n) is 1.86. The second-order valence-corrected chi connectivity index (χ2v) is 5.01. The van der Waals surface area contributed by atoms with Gasteiger partial charge in [-0.15, -0.1) is 0 Å². The van der Waals surface area contributed by atoms with Crippen LogP contribution in [0, 0.1) is 6.92 Å². The Morgan fingerprint density at radius 1 is 1.45 bits per heavy atom. The van der Waals surface area contributed by atoms with E-state index in [0.717, 1.165) is 12.3 Å². The summed E-state index contributed by atoms with van der Waals surface area (Å²) in [5.74, 6) is 1.37. The van der Waals surface area contributed by atoms with Gasteiger partial charge in [0, 0.05) is 26.2 Å². The van der Waals surface area contributed by atoms with Crippen molar-refractivity contribution in [3.8, 4) is 11.5 Å². The minimum atomic E-state index is -0.128. The molecule has 2 heterocycles. The molecule has 0 aliphatic carbocycles. The number of aryl methyl sites for hydroxylation is 2. The Kier molecular flexibility index (Phi) is 4.24. The zero-order valence-electron chi connectivity index (χ0n) is 12.3. The molecule has 0 bridgehead atoms. The van der Waals surface area contributed by atoms with Crippen LogP contribution in [0.5, 0.6) is 0 Å². The molecule has 20 heavy (non-hydrogen) atoms. The van der Waals surface area contributed by atoms with Gasteiger partial charge < -0.3 is 14.6 Å². The van der Waals surface area contributed by atoms with E-state index in [2.05, 4.69) is 10.4 Å². The number of rotatable bonds is 5. The lowest BCUT2D eigenvalue weighted by Gasteiger charge is -2.10. The van der Waals surface area contributed by atoms with Gasteiger partial charge in [-0.25, -0.2) is 0 Å². The Labute approximate surface area is 118 Å². The van der Waals surface area contributed by atoms with Gasteiger partial charge in [0.15, 0.2) is 5.76 Å². The van der Waals surface area contributed by atoms with Crippen molar-refractivity contribution in [2.24, 2.45) is 7.05 Å². The molecule has 0 unspecified atom stereocenters. The van der Waals surface area contributed by atoms with Gasteiger partial charge in [-0.1, -0.05) is 0 Å². The summed E-state index contributed by atoms with van der Waals surface area (Å²) >= 11 is 0. The fraction of sp³-hybridized carbons (Fsp3) is 0.429. The molecule has 0 aliphatic rings. The van der Waals surface area contributed by atoms with Crippen molar-refractivity contribution in [3.05, 3.63) is 29.7 Å². The first-order valence-corrected chi connectivity index (χ1v) is 6.51. The molecular formula is C14H20N4O2. The van der Waals surface area contributed by atoms with Crippen LogP contribution in [0.2, 0.25) is 0 Å². The molecule has 2 aromatic rings. The van der Waals surface area contributed by atoms with Gasteiger partial charge in [0.25, 0.3) is 5.91 Å². The van der Waals surface area contributed by atoms with Crippen molar-refractivity contribution in [2.45, 2.75) is 6.92 Å². The average Bonchev–Trinajstić information content (AvgIpc) is 2.95. The third-order valence-corrected chi connectivity index (χ3v) is 2.95. The summed E-state index contributed by atoms with van der Waals surface area (Å²) in [6, 6.07) is 5.47. The average molecular weight is 276 g/mol. The Morgan fingerprint density at radius 3 is 2.80 bits per heavy atom. The van der Waals surface area contributed by atoms with Gasteiger partial charge in [0.05, 0.1) is 0 Å². The molecule has 1 N–H and O–H groups in total. The van der Waals surface area contributed by atoms with Gasteiger partial charge in [0.1, 0.15) is 17.1 Å². The third-order valence-electron chi connectivity index (χ3n) is 2.95. The summed E-state index contributed by atoms with van der Waals surface area (Å²) < 4.78 is 7.08. The quantitative estimate of drug-likeness (QED) is 0.893. The summed E-state index contributed by atoms with van der Waals surface area (Å²) in [5, 5.41) is 7.18. The molecule has 0 radical (unpaired) electrons. The monoisotopic (exact) mass is 276 g/mol. The van der Waals surface area contributed by atoms with Gasteiger partial charge in [-0.2, -0.15) is 5.10 Å². The van der Waals surface area contributed by atoms with Crippen molar-refractivity contribution < 1.29 is 9.21 Å². The van der Waals surface area contributed by atoms with Crippen molar-refractivity contribution in [1.29, 1.82) is 0 Å². The summed E-state index contributed by atoms with van der Waals surface area (Å²) in [6.45, 7) is 3.28. The van der Waals surface area contributed by atoms with Crippen LogP contribution in [0.15, 0.2) is 22.6 Å². The van der Waals surface area contributed by atoms with Crippen LogP contribution in [-0.2, 0) is 7.05 Å². The van der Waals surface area contributed by atoms with Crippen molar-refractivity contribution in [3.63, 3.8) is 0 Å². The number of aromatic nitrogens is 2. The van der Waals surface area contributed by atoms with Crippen LogP contribution in [0.4, 0.5) is 0 Å². The molecule has 0 fully saturated rings. The highest BCUT2D eigenvalue weighted by Gasteiger charge is 2.15. The van der Waals surface area contributed by atoms with Crippen LogP contribution in [0.3, 0.4) is 0 Å². The maximum absolute atomic E-state index is 12.1. The van der Waals surface area contributed by atoms with Crippen molar-refractivity contribution in [1.82, 2.24) is 20.0 Å². The summed E-state index contributed by atoms with van der Waals surface area (Å²) in [6.07, 6.45) is 0. The Bertz CT molecular complexity index is 598. The zero-order chi connectivity index (χ0) is 14.7. The highest BCUT2D eigenvalue weighted by atomic mass is 16.3. The lowest BCUT2D eigenvalue weighted by Crippen LogP contribution is -2.32. The molecule has 2 rings (SSSR count). The molecule has 6 nitrogen and oxygen atoms in total. The largest absolute Gasteiger partial charge is 0.460 e. The van der Waals surface area contributed by atoms with Crippen LogP contribution >= 0.6 is 0 Å². The van der Waals surface area contributed by atoms with Crippen molar-refractivity contribution >= 4 is 5.91 Å². The number of amides is 1. The molecule has 0 saturated heterocycles. The van der Waals surface area contributed by atoms with Gasteiger partial charge in [0.2, 0.25) is 0 Å².